The van der Waals surface area contributed by atoms with E-state index >= 15 is 0 Å². The van der Waals surface area contributed by atoms with E-state index in [1.54, 1.807) is 18.1 Å². The van der Waals surface area contributed by atoms with Gasteiger partial charge in [0.2, 0.25) is 10.0 Å². The largest absolute Gasteiger partial charge is 0.348 e. The van der Waals surface area contributed by atoms with Crippen molar-refractivity contribution in [2.45, 2.75) is 25.7 Å². The summed E-state index contributed by atoms with van der Waals surface area (Å²) in [6.07, 6.45) is -0.453. The van der Waals surface area contributed by atoms with Crippen LogP contribution in [0.25, 0.3) is 0 Å². The average molecular weight is 230 g/mol. The Morgan fingerprint density at radius 2 is 2.23 bits per heavy atom. The summed E-state index contributed by atoms with van der Waals surface area (Å²) < 4.78 is 34.2. The third-order valence-corrected chi connectivity index (χ3v) is 3.34. The van der Waals surface area contributed by atoms with Crippen LogP contribution in [-0.4, -0.2) is 32.7 Å². The minimum absolute atomic E-state index is 0.181. The van der Waals surface area contributed by atoms with E-state index in [1.165, 1.54) is 0 Å². The van der Waals surface area contributed by atoms with Gasteiger partial charge in [-0.25, -0.2) is 8.42 Å². The topological polar surface area (TPSA) is 64.6 Å². The summed E-state index contributed by atoms with van der Waals surface area (Å²) in [7, 11) is -3.44. The molecular formula is C6H12ClNO4S. The van der Waals surface area contributed by atoms with Crippen molar-refractivity contribution in [3.63, 3.8) is 0 Å². The zero-order chi connectivity index (χ0) is 10.1. The lowest BCUT2D eigenvalue weighted by molar-refractivity contribution is -0.135. The monoisotopic (exact) mass is 229 g/mol. The average Bonchev–Trinajstić information content (AvgIpc) is 2.29. The van der Waals surface area contributed by atoms with Crippen LogP contribution in [0.3, 0.4) is 0 Å². The highest BCUT2D eigenvalue weighted by molar-refractivity contribution is 7.90. The van der Waals surface area contributed by atoms with E-state index in [2.05, 4.69) is 0 Å². The first-order valence-corrected chi connectivity index (χ1v) is 5.79. The first-order valence-electron chi connectivity index (χ1n) is 3.76. The molecule has 1 rings (SSSR count). The number of nitrogens with one attached hydrogen (secondary N) is 1. The highest BCUT2D eigenvalue weighted by Crippen LogP contribution is 2.22. The van der Waals surface area contributed by atoms with Gasteiger partial charge in [0.15, 0.2) is 5.79 Å². The molecule has 5 nitrogen and oxygen atoms in total. The highest BCUT2D eigenvalue weighted by Gasteiger charge is 2.35. The SMILES string of the molecule is CC1(C)OCC(CS(=O)(=O)NCl)O1. The maximum atomic E-state index is 11.0. The Morgan fingerprint density at radius 1 is 1.62 bits per heavy atom. The van der Waals surface area contributed by atoms with Crippen molar-refractivity contribution >= 4 is 21.8 Å². The van der Waals surface area contributed by atoms with Crippen molar-refractivity contribution in [1.82, 2.24) is 4.24 Å². The van der Waals surface area contributed by atoms with Gasteiger partial charge in [-0.15, -0.1) is 4.24 Å². The number of sulfonamides is 1. The smallest absolute Gasteiger partial charge is 0.227 e. The molecule has 1 aliphatic heterocycles. The Kier molecular flexibility index (Phi) is 3.19. The molecule has 1 saturated heterocycles. The van der Waals surface area contributed by atoms with Gasteiger partial charge in [0.05, 0.1) is 18.5 Å². The van der Waals surface area contributed by atoms with Crippen molar-refractivity contribution in [3.8, 4) is 0 Å². The van der Waals surface area contributed by atoms with E-state index < -0.39 is 21.9 Å². The Balaban J connectivity index is 2.50. The maximum Gasteiger partial charge on any atom is 0.227 e. The summed E-state index contributed by atoms with van der Waals surface area (Å²) in [4.78, 5) is 0. The zero-order valence-electron chi connectivity index (χ0n) is 7.41. The standard InChI is InChI=1S/C6H12ClNO4S/c1-6(2)11-3-5(12-6)4-13(9,10)8-7/h5,8H,3-4H2,1-2H3. The quantitative estimate of drug-likeness (QED) is 0.703. The summed E-state index contributed by atoms with van der Waals surface area (Å²) in [5, 5.41) is 0. The molecule has 0 aromatic rings. The van der Waals surface area contributed by atoms with Crippen LogP contribution >= 0.6 is 11.8 Å². The molecule has 1 atom stereocenters. The van der Waals surface area contributed by atoms with Crippen LogP contribution < -0.4 is 4.24 Å². The lowest BCUT2D eigenvalue weighted by atomic mass is 10.4. The molecular weight excluding hydrogens is 218 g/mol. The first-order chi connectivity index (χ1) is 5.85. The molecule has 78 valence electrons. The van der Waals surface area contributed by atoms with Gasteiger partial charge in [-0.2, -0.15) is 0 Å². The fourth-order valence-corrected chi connectivity index (χ4v) is 2.03. The fraction of sp³-hybridized carbons (Fsp3) is 1.00. The van der Waals surface area contributed by atoms with E-state index in [-0.39, 0.29) is 12.4 Å². The summed E-state index contributed by atoms with van der Waals surface area (Å²) in [6, 6.07) is 0. The number of ether oxygens (including phenoxy) is 2. The molecule has 1 heterocycles. The van der Waals surface area contributed by atoms with Crippen molar-refractivity contribution in [3.05, 3.63) is 0 Å². The van der Waals surface area contributed by atoms with Crippen LogP contribution in [-0.2, 0) is 19.5 Å². The van der Waals surface area contributed by atoms with Gasteiger partial charge in [-0.3, -0.25) is 0 Å². The van der Waals surface area contributed by atoms with E-state index in [1.807, 2.05) is 0 Å². The van der Waals surface area contributed by atoms with E-state index in [0.717, 1.165) is 0 Å². The van der Waals surface area contributed by atoms with Crippen LogP contribution in [0, 0.1) is 0 Å². The zero-order valence-corrected chi connectivity index (χ0v) is 8.98. The molecule has 0 saturated carbocycles. The van der Waals surface area contributed by atoms with Gasteiger partial charge in [-0.1, -0.05) is 0 Å². The molecule has 1 N–H and O–H groups in total. The van der Waals surface area contributed by atoms with Gasteiger partial charge < -0.3 is 9.47 Å². The molecule has 0 aromatic heterocycles. The summed E-state index contributed by atoms with van der Waals surface area (Å²) >= 11 is 5.01. The fourth-order valence-electron chi connectivity index (χ4n) is 1.12. The second-order valence-electron chi connectivity index (χ2n) is 3.31. The normalized spacial score (nSPS) is 27.8. The molecule has 1 fully saturated rings. The first kappa shape index (κ1) is 11.2. The van der Waals surface area contributed by atoms with Crippen molar-refractivity contribution < 1.29 is 17.9 Å². The number of rotatable bonds is 3. The molecule has 0 radical (unpaired) electrons. The number of hydrogen-bond acceptors (Lipinski definition) is 4. The number of hydrogen-bond donors (Lipinski definition) is 1. The summed E-state index contributed by atoms with van der Waals surface area (Å²) in [6.45, 7) is 3.73. The van der Waals surface area contributed by atoms with Gasteiger partial charge >= 0.3 is 0 Å². The molecule has 0 aromatic carbocycles. The third kappa shape index (κ3) is 3.40. The van der Waals surface area contributed by atoms with Gasteiger partial charge in [0, 0.05) is 0 Å². The van der Waals surface area contributed by atoms with Gasteiger partial charge in [0.1, 0.15) is 0 Å². The molecule has 1 aliphatic rings. The minimum atomic E-state index is -3.44. The van der Waals surface area contributed by atoms with Crippen molar-refractivity contribution in [2.24, 2.45) is 0 Å². The molecule has 0 amide bonds. The molecule has 0 bridgehead atoms. The lowest BCUT2D eigenvalue weighted by Gasteiger charge is -2.16. The van der Waals surface area contributed by atoms with E-state index in [4.69, 9.17) is 21.3 Å². The predicted octanol–water partition coefficient (Wildman–Crippen LogP) is 0.211. The second kappa shape index (κ2) is 3.70. The predicted molar refractivity (Wildman–Crippen MR) is 47.7 cm³/mol. The second-order valence-corrected chi connectivity index (χ2v) is 5.49. The van der Waals surface area contributed by atoms with Crippen LogP contribution in [0.2, 0.25) is 0 Å². The molecule has 0 aliphatic carbocycles. The van der Waals surface area contributed by atoms with E-state index in [9.17, 15) is 8.42 Å². The Labute approximate surface area is 82.5 Å². The minimum Gasteiger partial charge on any atom is -0.348 e. The van der Waals surface area contributed by atoms with E-state index in [0.29, 0.717) is 0 Å². The van der Waals surface area contributed by atoms with Crippen LogP contribution in [0.15, 0.2) is 0 Å². The van der Waals surface area contributed by atoms with Crippen LogP contribution in [0.1, 0.15) is 13.8 Å². The molecule has 1 unspecified atom stereocenters. The Morgan fingerprint density at radius 3 is 2.62 bits per heavy atom. The molecule has 7 heteroatoms. The summed E-state index contributed by atoms with van der Waals surface area (Å²) in [5.74, 6) is -0.883. The van der Waals surface area contributed by atoms with Gasteiger partial charge in [0.25, 0.3) is 0 Å². The maximum absolute atomic E-state index is 11.0. The van der Waals surface area contributed by atoms with Crippen LogP contribution in [0.4, 0.5) is 0 Å². The van der Waals surface area contributed by atoms with Crippen LogP contribution in [0.5, 0.6) is 0 Å². The molecule has 0 spiro atoms. The third-order valence-electron chi connectivity index (χ3n) is 1.59. The Hall–Kier alpha value is 0.120. The highest BCUT2D eigenvalue weighted by atomic mass is 35.5. The molecule has 13 heavy (non-hydrogen) atoms. The lowest BCUT2D eigenvalue weighted by Crippen LogP contribution is -2.30. The van der Waals surface area contributed by atoms with Crippen molar-refractivity contribution in [2.75, 3.05) is 12.4 Å². The van der Waals surface area contributed by atoms with Gasteiger partial charge in [-0.05, 0) is 25.6 Å². The number of halogens is 1. The summed E-state index contributed by atoms with van der Waals surface area (Å²) in [5.41, 5.74) is 0. The van der Waals surface area contributed by atoms with Crippen molar-refractivity contribution in [1.29, 1.82) is 0 Å². The Bertz CT molecular complexity index is 276.